The van der Waals surface area contributed by atoms with Gasteiger partial charge < -0.3 is 19.9 Å². The highest BCUT2D eigenvalue weighted by atomic mass is 16.7. The van der Waals surface area contributed by atoms with E-state index in [1.807, 2.05) is 0 Å². The second-order valence-electron chi connectivity index (χ2n) is 2.45. The Balaban J connectivity index is 1.96. The van der Waals surface area contributed by atoms with Gasteiger partial charge in [-0.2, -0.15) is 0 Å². The Kier molecular flexibility index (Phi) is 4.45. The number of nitrogens with one attached hydrogen (secondary N) is 1. The zero-order valence-electron chi connectivity index (χ0n) is 6.58. The van der Waals surface area contributed by atoms with Gasteiger partial charge in [0.15, 0.2) is 6.29 Å². The quantitative estimate of drug-likeness (QED) is 0.537. The molecule has 1 heterocycles. The van der Waals surface area contributed by atoms with E-state index in [1.165, 1.54) is 0 Å². The molecule has 11 heavy (non-hydrogen) atoms. The molecular formula is C7H15NO3. The summed E-state index contributed by atoms with van der Waals surface area (Å²) in [5.74, 6) is 0. The Morgan fingerprint density at radius 2 is 2.09 bits per heavy atom. The fraction of sp³-hybridized carbons (Fsp3) is 1.00. The molecule has 1 fully saturated rings. The van der Waals surface area contributed by atoms with E-state index in [9.17, 15) is 0 Å². The van der Waals surface area contributed by atoms with Crippen molar-refractivity contribution in [2.75, 3.05) is 32.9 Å². The zero-order chi connectivity index (χ0) is 7.94. The summed E-state index contributed by atoms with van der Waals surface area (Å²) in [5.41, 5.74) is 0. The average Bonchev–Trinajstić information content (AvgIpc) is 2.07. The molecule has 0 aromatic carbocycles. The highest BCUT2D eigenvalue weighted by Gasteiger charge is 2.12. The summed E-state index contributed by atoms with van der Waals surface area (Å²) in [6, 6.07) is 0. The van der Waals surface area contributed by atoms with Crippen molar-refractivity contribution in [1.29, 1.82) is 0 Å². The van der Waals surface area contributed by atoms with Gasteiger partial charge in [0.05, 0.1) is 19.8 Å². The minimum Gasteiger partial charge on any atom is -0.395 e. The van der Waals surface area contributed by atoms with E-state index >= 15 is 0 Å². The van der Waals surface area contributed by atoms with Crippen molar-refractivity contribution in [3.63, 3.8) is 0 Å². The monoisotopic (exact) mass is 161 g/mol. The van der Waals surface area contributed by atoms with E-state index in [-0.39, 0.29) is 12.9 Å². The maximum Gasteiger partial charge on any atom is 0.169 e. The summed E-state index contributed by atoms with van der Waals surface area (Å²) in [6.07, 6.45) is 0.867. The summed E-state index contributed by atoms with van der Waals surface area (Å²) in [7, 11) is 0. The standard InChI is InChI=1S/C7H15NO3/c9-3-2-8-6-7-10-4-1-5-11-7/h7-9H,1-6H2. The van der Waals surface area contributed by atoms with E-state index in [1.54, 1.807) is 0 Å². The molecule has 0 amide bonds. The first-order chi connectivity index (χ1) is 5.43. The van der Waals surface area contributed by atoms with Crippen LogP contribution < -0.4 is 5.32 Å². The predicted octanol–water partition coefficient (Wildman–Crippen LogP) is -0.669. The van der Waals surface area contributed by atoms with Crippen LogP contribution in [-0.4, -0.2) is 44.3 Å². The highest BCUT2D eigenvalue weighted by molar-refractivity contribution is 4.54. The molecule has 1 aliphatic rings. The Morgan fingerprint density at radius 3 is 2.73 bits per heavy atom. The third-order valence-electron chi connectivity index (χ3n) is 1.50. The van der Waals surface area contributed by atoms with Crippen molar-refractivity contribution in [1.82, 2.24) is 5.32 Å². The maximum atomic E-state index is 8.45. The molecule has 0 unspecified atom stereocenters. The molecule has 66 valence electrons. The molecule has 0 aliphatic carbocycles. The van der Waals surface area contributed by atoms with E-state index < -0.39 is 0 Å². The second kappa shape index (κ2) is 5.49. The van der Waals surface area contributed by atoms with Gasteiger partial charge in [0.25, 0.3) is 0 Å². The largest absolute Gasteiger partial charge is 0.395 e. The van der Waals surface area contributed by atoms with Gasteiger partial charge in [-0.25, -0.2) is 0 Å². The first-order valence-electron chi connectivity index (χ1n) is 3.98. The van der Waals surface area contributed by atoms with Gasteiger partial charge in [-0.3, -0.25) is 0 Å². The minimum absolute atomic E-state index is 0.115. The highest BCUT2D eigenvalue weighted by Crippen LogP contribution is 2.02. The second-order valence-corrected chi connectivity index (χ2v) is 2.45. The minimum atomic E-state index is -0.115. The fourth-order valence-corrected chi connectivity index (χ4v) is 0.953. The van der Waals surface area contributed by atoms with Crippen LogP contribution in [0.1, 0.15) is 6.42 Å². The van der Waals surface area contributed by atoms with Crippen LogP contribution in [0, 0.1) is 0 Å². The summed E-state index contributed by atoms with van der Waals surface area (Å²) >= 11 is 0. The summed E-state index contributed by atoms with van der Waals surface area (Å²) < 4.78 is 10.5. The predicted molar refractivity (Wildman–Crippen MR) is 40.3 cm³/mol. The molecule has 0 bridgehead atoms. The van der Waals surface area contributed by atoms with Crippen molar-refractivity contribution >= 4 is 0 Å². The van der Waals surface area contributed by atoms with E-state index in [0.717, 1.165) is 19.6 Å². The van der Waals surface area contributed by atoms with Crippen LogP contribution in [0.5, 0.6) is 0 Å². The van der Waals surface area contributed by atoms with Gasteiger partial charge in [0.2, 0.25) is 0 Å². The van der Waals surface area contributed by atoms with Crippen molar-refractivity contribution < 1.29 is 14.6 Å². The molecule has 0 spiro atoms. The average molecular weight is 161 g/mol. The maximum absolute atomic E-state index is 8.45. The number of hydrogen-bond acceptors (Lipinski definition) is 4. The van der Waals surface area contributed by atoms with Crippen LogP contribution >= 0.6 is 0 Å². The number of aliphatic hydroxyl groups excluding tert-OH is 1. The topological polar surface area (TPSA) is 50.7 Å². The molecular weight excluding hydrogens is 146 g/mol. The van der Waals surface area contributed by atoms with Gasteiger partial charge in [-0.1, -0.05) is 0 Å². The Labute approximate surface area is 66.5 Å². The molecule has 2 N–H and O–H groups in total. The van der Waals surface area contributed by atoms with Crippen LogP contribution in [0.25, 0.3) is 0 Å². The molecule has 1 rings (SSSR count). The third kappa shape index (κ3) is 3.67. The molecule has 0 saturated carbocycles. The number of ether oxygens (including phenoxy) is 2. The van der Waals surface area contributed by atoms with Gasteiger partial charge in [0.1, 0.15) is 0 Å². The lowest BCUT2D eigenvalue weighted by atomic mass is 10.4. The lowest BCUT2D eigenvalue weighted by Gasteiger charge is -2.23. The molecule has 1 saturated heterocycles. The normalized spacial score (nSPS) is 20.5. The molecule has 4 heteroatoms. The van der Waals surface area contributed by atoms with Crippen LogP contribution in [0.4, 0.5) is 0 Å². The number of aliphatic hydroxyl groups is 1. The molecule has 0 aromatic rings. The smallest absolute Gasteiger partial charge is 0.169 e. The lowest BCUT2D eigenvalue weighted by Crippen LogP contribution is -2.36. The van der Waals surface area contributed by atoms with Crippen molar-refractivity contribution in [2.24, 2.45) is 0 Å². The molecule has 0 atom stereocenters. The number of rotatable bonds is 4. The molecule has 4 nitrogen and oxygen atoms in total. The first-order valence-corrected chi connectivity index (χ1v) is 3.98. The van der Waals surface area contributed by atoms with Gasteiger partial charge in [-0.15, -0.1) is 0 Å². The molecule has 0 aromatic heterocycles. The summed E-state index contributed by atoms with van der Waals surface area (Å²) in [5, 5.41) is 11.5. The number of hydrogen-bond donors (Lipinski definition) is 2. The van der Waals surface area contributed by atoms with E-state index in [4.69, 9.17) is 14.6 Å². The summed E-state index contributed by atoms with van der Waals surface area (Å²) in [4.78, 5) is 0. The Hall–Kier alpha value is -0.160. The van der Waals surface area contributed by atoms with Gasteiger partial charge >= 0.3 is 0 Å². The Morgan fingerprint density at radius 1 is 1.36 bits per heavy atom. The summed E-state index contributed by atoms with van der Waals surface area (Å²) in [6.45, 7) is 2.99. The van der Waals surface area contributed by atoms with Crippen LogP contribution in [0.15, 0.2) is 0 Å². The first kappa shape index (κ1) is 8.93. The van der Waals surface area contributed by atoms with Gasteiger partial charge in [0, 0.05) is 13.1 Å². The SMILES string of the molecule is OCCNCC1OCCCO1. The zero-order valence-corrected chi connectivity index (χ0v) is 6.58. The van der Waals surface area contributed by atoms with Crippen molar-refractivity contribution in [3.05, 3.63) is 0 Å². The third-order valence-corrected chi connectivity index (χ3v) is 1.50. The molecule has 1 aliphatic heterocycles. The van der Waals surface area contributed by atoms with Crippen molar-refractivity contribution in [2.45, 2.75) is 12.7 Å². The Bertz CT molecular complexity index is 93.7. The van der Waals surface area contributed by atoms with E-state index in [0.29, 0.717) is 13.1 Å². The van der Waals surface area contributed by atoms with Crippen LogP contribution in [0.3, 0.4) is 0 Å². The fourth-order valence-electron chi connectivity index (χ4n) is 0.953. The lowest BCUT2D eigenvalue weighted by molar-refractivity contribution is -0.175. The van der Waals surface area contributed by atoms with Crippen molar-refractivity contribution in [3.8, 4) is 0 Å². The van der Waals surface area contributed by atoms with E-state index in [2.05, 4.69) is 5.32 Å². The van der Waals surface area contributed by atoms with Crippen LogP contribution in [0.2, 0.25) is 0 Å². The molecule has 0 radical (unpaired) electrons. The van der Waals surface area contributed by atoms with Gasteiger partial charge in [-0.05, 0) is 6.42 Å². The van der Waals surface area contributed by atoms with Crippen LogP contribution in [-0.2, 0) is 9.47 Å².